The van der Waals surface area contributed by atoms with Crippen LogP contribution in [0.4, 0.5) is 13.2 Å². The van der Waals surface area contributed by atoms with E-state index in [1.807, 2.05) is 0 Å². The molecular weight excluding hydrogens is 401 g/mol. The molecule has 3 aliphatic rings. The largest absolute Gasteiger partial charge is 0.426 e. The van der Waals surface area contributed by atoms with Crippen LogP contribution in [0, 0.1) is 53.0 Å². The van der Waals surface area contributed by atoms with Gasteiger partial charge >= 0.3 is 5.97 Å². The van der Waals surface area contributed by atoms with Crippen molar-refractivity contribution in [1.82, 2.24) is 0 Å². The Balaban J connectivity index is 1.35. The molecule has 31 heavy (non-hydrogen) atoms. The lowest BCUT2D eigenvalue weighted by Gasteiger charge is -2.46. The number of ether oxygens (including phenoxy) is 1. The summed E-state index contributed by atoms with van der Waals surface area (Å²) in [6.07, 6.45) is 14.5. The molecule has 0 N–H and O–H groups in total. The average Bonchev–Trinajstić information content (AvgIpc) is 2.77. The zero-order chi connectivity index (χ0) is 22.0. The highest BCUT2D eigenvalue weighted by atomic mass is 19.2. The van der Waals surface area contributed by atoms with Crippen LogP contribution in [0.25, 0.3) is 0 Å². The molecule has 1 aromatic carbocycles. The Morgan fingerprint density at radius 2 is 1.58 bits per heavy atom. The lowest BCUT2D eigenvalue weighted by molar-refractivity contribution is -0.144. The lowest BCUT2D eigenvalue weighted by Crippen LogP contribution is -2.40. The molecule has 0 aliphatic heterocycles. The molecule has 4 unspecified atom stereocenters. The Labute approximate surface area is 183 Å². The van der Waals surface area contributed by atoms with Gasteiger partial charge in [-0.25, -0.2) is 13.2 Å². The second-order valence-corrected chi connectivity index (χ2v) is 10.2. The molecule has 5 heteroatoms. The maximum atomic E-state index is 13.5. The van der Waals surface area contributed by atoms with Gasteiger partial charge in [-0.1, -0.05) is 45.4 Å². The smallest absolute Gasteiger partial charge is 0.314 e. The number of halogens is 3. The first-order valence-electron chi connectivity index (χ1n) is 12.3. The fraction of sp³-hybridized carbons (Fsp3) is 0.731. The molecule has 0 amide bonds. The molecule has 4 rings (SSSR count). The maximum absolute atomic E-state index is 13.5. The molecular formula is C26H35F3O2. The second-order valence-electron chi connectivity index (χ2n) is 10.2. The number of rotatable bonds is 5. The van der Waals surface area contributed by atoms with E-state index in [4.69, 9.17) is 4.74 Å². The zero-order valence-electron chi connectivity index (χ0n) is 18.6. The van der Waals surface area contributed by atoms with E-state index < -0.39 is 23.4 Å². The van der Waals surface area contributed by atoms with E-state index in [-0.39, 0.29) is 11.7 Å². The molecule has 0 saturated heterocycles. The first-order chi connectivity index (χ1) is 15.0. The van der Waals surface area contributed by atoms with Gasteiger partial charge in [0.25, 0.3) is 0 Å². The topological polar surface area (TPSA) is 26.3 Å². The number of benzene rings is 1. The Kier molecular flexibility index (Phi) is 7.28. The SMILES string of the molecule is CCCC1CCC(C2CCC3C(CCCC3C(=O)Oc3cc(F)c(F)c(F)c3)C2)CC1. The molecule has 0 radical (unpaired) electrons. The van der Waals surface area contributed by atoms with E-state index in [0.29, 0.717) is 11.8 Å². The summed E-state index contributed by atoms with van der Waals surface area (Å²) in [5.41, 5.74) is 0. The third kappa shape index (κ3) is 5.12. The van der Waals surface area contributed by atoms with E-state index in [2.05, 4.69) is 6.92 Å². The highest BCUT2D eigenvalue weighted by Gasteiger charge is 2.43. The number of hydrogen-bond acceptors (Lipinski definition) is 2. The van der Waals surface area contributed by atoms with Crippen LogP contribution < -0.4 is 4.74 Å². The van der Waals surface area contributed by atoms with Crippen molar-refractivity contribution in [2.45, 2.75) is 84.0 Å². The zero-order valence-corrected chi connectivity index (χ0v) is 18.6. The Hall–Kier alpha value is -1.52. The van der Waals surface area contributed by atoms with Gasteiger partial charge < -0.3 is 4.74 Å². The fourth-order valence-corrected chi connectivity index (χ4v) is 6.86. The summed E-state index contributed by atoms with van der Waals surface area (Å²) in [4.78, 5) is 12.8. The van der Waals surface area contributed by atoms with Crippen molar-refractivity contribution < 1.29 is 22.7 Å². The van der Waals surface area contributed by atoms with Gasteiger partial charge in [-0.15, -0.1) is 0 Å². The van der Waals surface area contributed by atoms with Crippen LogP contribution in [-0.2, 0) is 4.79 Å². The predicted molar refractivity (Wildman–Crippen MR) is 114 cm³/mol. The molecule has 3 fully saturated rings. The van der Waals surface area contributed by atoms with Gasteiger partial charge in [-0.2, -0.15) is 0 Å². The minimum atomic E-state index is -1.54. The van der Waals surface area contributed by atoms with Crippen LogP contribution in [-0.4, -0.2) is 5.97 Å². The van der Waals surface area contributed by atoms with Crippen LogP contribution in [0.5, 0.6) is 5.75 Å². The van der Waals surface area contributed by atoms with Gasteiger partial charge in [0.15, 0.2) is 17.5 Å². The first kappa shape index (κ1) is 22.7. The van der Waals surface area contributed by atoms with Crippen LogP contribution in [0.3, 0.4) is 0 Å². The van der Waals surface area contributed by atoms with E-state index >= 15 is 0 Å². The third-order valence-corrected chi connectivity index (χ3v) is 8.42. The maximum Gasteiger partial charge on any atom is 0.314 e. The van der Waals surface area contributed by atoms with Gasteiger partial charge in [0.2, 0.25) is 0 Å². The molecule has 0 heterocycles. The molecule has 0 spiro atoms. The number of carbonyl (C=O) groups excluding carboxylic acids is 1. The van der Waals surface area contributed by atoms with Crippen molar-refractivity contribution in [3.8, 4) is 5.75 Å². The molecule has 2 nitrogen and oxygen atoms in total. The Morgan fingerprint density at radius 1 is 0.903 bits per heavy atom. The predicted octanol–water partition coefficient (Wildman–Crippen LogP) is 7.45. The molecule has 4 atom stereocenters. The van der Waals surface area contributed by atoms with E-state index in [1.54, 1.807) is 0 Å². The summed E-state index contributed by atoms with van der Waals surface area (Å²) in [5.74, 6) is -1.73. The van der Waals surface area contributed by atoms with Crippen LogP contribution in [0.15, 0.2) is 12.1 Å². The molecule has 0 bridgehead atoms. The number of hydrogen-bond donors (Lipinski definition) is 0. The van der Waals surface area contributed by atoms with E-state index in [9.17, 15) is 18.0 Å². The summed E-state index contributed by atoms with van der Waals surface area (Å²) >= 11 is 0. The van der Waals surface area contributed by atoms with Crippen molar-refractivity contribution in [3.63, 3.8) is 0 Å². The van der Waals surface area contributed by atoms with Crippen molar-refractivity contribution in [1.29, 1.82) is 0 Å². The quantitative estimate of drug-likeness (QED) is 0.272. The van der Waals surface area contributed by atoms with Crippen LogP contribution in [0.2, 0.25) is 0 Å². The number of esters is 1. The number of carbonyl (C=O) groups is 1. The van der Waals surface area contributed by atoms with Crippen molar-refractivity contribution in [2.75, 3.05) is 0 Å². The minimum absolute atomic E-state index is 0.226. The van der Waals surface area contributed by atoms with Gasteiger partial charge in [0.1, 0.15) is 5.75 Å². The fourth-order valence-electron chi connectivity index (χ4n) is 6.86. The molecule has 3 saturated carbocycles. The highest BCUT2D eigenvalue weighted by molar-refractivity contribution is 5.75. The molecule has 1 aromatic rings. The van der Waals surface area contributed by atoms with E-state index in [1.165, 1.54) is 51.4 Å². The molecule has 0 aromatic heterocycles. The third-order valence-electron chi connectivity index (χ3n) is 8.42. The number of fused-ring (bicyclic) bond motifs is 1. The van der Waals surface area contributed by atoms with Gasteiger partial charge in [-0.3, -0.25) is 4.79 Å². The first-order valence-corrected chi connectivity index (χ1v) is 12.3. The summed E-state index contributed by atoms with van der Waals surface area (Å²) < 4.78 is 45.5. The Bertz CT molecular complexity index is 749. The molecule has 172 valence electrons. The molecule has 3 aliphatic carbocycles. The minimum Gasteiger partial charge on any atom is -0.426 e. The average molecular weight is 437 g/mol. The van der Waals surface area contributed by atoms with Crippen LogP contribution >= 0.6 is 0 Å². The summed E-state index contributed by atoms with van der Waals surface area (Å²) in [6.45, 7) is 2.28. The van der Waals surface area contributed by atoms with Crippen molar-refractivity contribution in [3.05, 3.63) is 29.6 Å². The van der Waals surface area contributed by atoms with Crippen molar-refractivity contribution >= 4 is 5.97 Å². The van der Waals surface area contributed by atoms with E-state index in [0.717, 1.165) is 55.6 Å². The summed E-state index contributed by atoms with van der Waals surface area (Å²) in [7, 11) is 0. The van der Waals surface area contributed by atoms with Crippen LogP contribution in [0.1, 0.15) is 84.0 Å². The Morgan fingerprint density at radius 3 is 2.26 bits per heavy atom. The highest BCUT2D eigenvalue weighted by Crippen LogP contribution is 2.50. The normalized spacial score (nSPS) is 33.5. The monoisotopic (exact) mass is 436 g/mol. The van der Waals surface area contributed by atoms with Gasteiger partial charge in [0.05, 0.1) is 5.92 Å². The van der Waals surface area contributed by atoms with Crippen molar-refractivity contribution in [2.24, 2.45) is 35.5 Å². The summed E-state index contributed by atoms with van der Waals surface area (Å²) in [5, 5.41) is 0. The summed E-state index contributed by atoms with van der Waals surface area (Å²) in [6, 6.07) is 1.50. The van der Waals surface area contributed by atoms with Gasteiger partial charge in [-0.05, 0) is 68.1 Å². The van der Waals surface area contributed by atoms with Gasteiger partial charge in [0, 0.05) is 12.1 Å². The lowest BCUT2D eigenvalue weighted by atomic mass is 9.59. The second kappa shape index (κ2) is 9.95. The standard InChI is InChI=1S/C26H35F3O2/c1-2-4-16-7-9-17(10-8-16)18-11-12-21-19(13-18)5-3-6-22(21)26(30)31-20-14-23(27)25(29)24(28)15-20/h14-19,21-22H,2-13H2,1H3.